The number of thiophene rings is 1. The lowest BCUT2D eigenvalue weighted by molar-refractivity contribution is -0.129. The standard InChI is InChI=1S/C25H33N3O2S/c1-19-8-10-20(11-9-19)28-23(29)13-12-21(24(28)22-7-5-18-31-22)25(30)26-14-6-17-27-15-3-2-4-16-27/h5,7-11,18,21,24H,2-4,6,12-17H2,1H3,(H,26,30). The molecule has 2 atom stereocenters. The quantitative estimate of drug-likeness (QED) is 0.645. The molecule has 1 aromatic carbocycles. The Morgan fingerprint density at radius 3 is 2.61 bits per heavy atom. The first-order valence-electron chi connectivity index (χ1n) is 11.6. The average molecular weight is 440 g/mol. The zero-order chi connectivity index (χ0) is 21.6. The fourth-order valence-electron chi connectivity index (χ4n) is 4.79. The van der Waals surface area contributed by atoms with Gasteiger partial charge in [0.2, 0.25) is 11.8 Å². The lowest BCUT2D eigenvalue weighted by Gasteiger charge is -2.40. The van der Waals surface area contributed by atoms with E-state index >= 15 is 0 Å². The van der Waals surface area contributed by atoms with E-state index in [0.717, 1.165) is 29.1 Å². The number of hydrogen-bond acceptors (Lipinski definition) is 4. The normalized spacial score (nSPS) is 22.5. The van der Waals surface area contributed by atoms with Crippen LogP contribution in [0.4, 0.5) is 5.69 Å². The monoisotopic (exact) mass is 439 g/mol. The Morgan fingerprint density at radius 1 is 1.13 bits per heavy atom. The highest BCUT2D eigenvalue weighted by molar-refractivity contribution is 7.10. The van der Waals surface area contributed by atoms with Crippen LogP contribution >= 0.6 is 11.3 Å². The maximum atomic E-state index is 13.2. The number of piperidine rings is 2. The molecule has 1 N–H and O–H groups in total. The van der Waals surface area contributed by atoms with Crippen molar-refractivity contribution in [1.82, 2.24) is 10.2 Å². The Bertz CT molecular complexity index is 859. The van der Waals surface area contributed by atoms with Gasteiger partial charge in [-0.15, -0.1) is 11.3 Å². The summed E-state index contributed by atoms with van der Waals surface area (Å²) in [6.07, 6.45) is 5.90. The number of aryl methyl sites for hydroxylation is 1. The van der Waals surface area contributed by atoms with Crippen molar-refractivity contribution in [3.05, 3.63) is 52.2 Å². The molecule has 0 bridgehead atoms. The molecule has 2 unspecified atom stereocenters. The van der Waals surface area contributed by atoms with E-state index < -0.39 is 0 Å². The van der Waals surface area contributed by atoms with Crippen molar-refractivity contribution in [2.24, 2.45) is 5.92 Å². The number of anilines is 1. The topological polar surface area (TPSA) is 52.7 Å². The Balaban J connectivity index is 1.45. The summed E-state index contributed by atoms with van der Waals surface area (Å²) in [5.74, 6) is -0.0642. The number of benzene rings is 1. The Hall–Kier alpha value is -2.18. The summed E-state index contributed by atoms with van der Waals surface area (Å²) in [4.78, 5) is 31.6. The molecule has 3 heterocycles. The predicted molar refractivity (Wildman–Crippen MR) is 126 cm³/mol. The third kappa shape index (κ3) is 5.36. The molecule has 0 spiro atoms. The molecule has 2 fully saturated rings. The Labute approximate surface area is 189 Å². The third-order valence-electron chi connectivity index (χ3n) is 6.48. The fourth-order valence-corrected chi connectivity index (χ4v) is 5.67. The van der Waals surface area contributed by atoms with Crippen molar-refractivity contribution in [3.8, 4) is 0 Å². The van der Waals surface area contributed by atoms with Gasteiger partial charge >= 0.3 is 0 Å². The molecule has 166 valence electrons. The van der Waals surface area contributed by atoms with Gasteiger partial charge in [-0.2, -0.15) is 0 Å². The lowest BCUT2D eigenvalue weighted by atomic mass is 9.86. The van der Waals surface area contributed by atoms with Crippen LogP contribution in [0.15, 0.2) is 41.8 Å². The number of carbonyl (C=O) groups excluding carboxylic acids is 2. The van der Waals surface area contributed by atoms with Crippen LogP contribution in [0.25, 0.3) is 0 Å². The van der Waals surface area contributed by atoms with E-state index in [2.05, 4.69) is 10.2 Å². The van der Waals surface area contributed by atoms with Crippen LogP contribution in [-0.2, 0) is 9.59 Å². The van der Waals surface area contributed by atoms with Crippen molar-refractivity contribution < 1.29 is 9.59 Å². The van der Waals surface area contributed by atoms with Gasteiger partial charge in [-0.1, -0.05) is 30.2 Å². The molecule has 2 amide bonds. The summed E-state index contributed by atoms with van der Waals surface area (Å²) >= 11 is 1.62. The molecule has 1 aromatic heterocycles. The molecular weight excluding hydrogens is 406 g/mol. The van der Waals surface area contributed by atoms with E-state index in [-0.39, 0.29) is 23.8 Å². The van der Waals surface area contributed by atoms with E-state index in [1.54, 1.807) is 11.3 Å². The molecule has 2 aliphatic rings. The molecule has 0 saturated carbocycles. The predicted octanol–water partition coefficient (Wildman–Crippen LogP) is 4.53. The summed E-state index contributed by atoms with van der Waals surface area (Å²) in [5, 5.41) is 5.20. The minimum Gasteiger partial charge on any atom is -0.356 e. The van der Waals surface area contributed by atoms with Crippen LogP contribution in [-0.4, -0.2) is 42.9 Å². The zero-order valence-corrected chi connectivity index (χ0v) is 19.2. The molecule has 6 heteroatoms. The molecule has 2 aliphatic heterocycles. The van der Waals surface area contributed by atoms with Crippen LogP contribution in [0.1, 0.15) is 55.0 Å². The minimum atomic E-state index is -0.244. The summed E-state index contributed by atoms with van der Waals surface area (Å²) in [7, 11) is 0. The van der Waals surface area contributed by atoms with Gasteiger partial charge in [0, 0.05) is 23.5 Å². The number of hydrogen-bond donors (Lipinski definition) is 1. The van der Waals surface area contributed by atoms with Crippen LogP contribution in [0.3, 0.4) is 0 Å². The van der Waals surface area contributed by atoms with Crippen LogP contribution in [0.2, 0.25) is 0 Å². The zero-order valence-electron chi connectivity index (χ0n) is 18.4. The second-order valence-electron chi connectivity index (χ2n) is 8.75. The maximum absolute atomic E-state index is 13.2. The van der Waals surface area contributed by atoms with E-state index in [0.29, 0.717) is 19.4 Å². The van der Waals surface area contributed by atoms with Gasteiger partial charge in [-0.25, -0.2) is 0 Å². The number of likely N-dealkylation sites (tertiary alicyclic amines) is 1. The average Bonchev–Trinajstić information content (AvgIpc) is 3.32. The maximum Gasteiger partial charge on any atom is 0.227 e. The van der Waals surface area contributed by atoms with Gasteiger partial charge in [-0.3, -0.25) is 9.59 Å². The highest BCUT2D eigenvalue weighted by Crippen LogP contribution is 2.41. The highest BCUT2D eigenvalue weighted by atomic mass is 32.1. The molecule has 5 nitrogen and oxygen atoms in total. The molecule has 0 radical (unpaired) electrons. The molecule has 4 rings (SSSR count). The smallest absolute Gasteiger partial charge is 0.227 e. The molecular formula is C25H33N3O2S. The van der Waals surface area contributed by atoms with Crippen molar-refractivity contribution in [1.29, 1.82) is 0 Å². The highest BCUT2D eigenvalue weighted by Gasteiger charge is 2.41. The van der Waals surface area contributed by atoms with E-state index in [1.165, 1.54) is 32.4 Å². The number of nitrogens with zero attached hydrogens (tertiary/aromatic N) is 2. The Morgan fingerprint density at radius 2 is 1.90 bits per heavy atom. The number of amides is 2. The minimum absolute atomic E-state index is 0.0710. The third-order valence-corrected chi connectivity index (χ3v) is 7.42. The first kappa shape index (κ1) is 22.0. The number of carbonyl (C=O) groups is 2. The van der Waals surface area contributed by atoms with Crippen molar-refractivity contribution in [2.75, 3.05) is 31.1 Å². The summed E-state index contributed by atoms with van der Waals surface area (Å²) < 4.78 is 0. The van der Waals surface area contributed by atoms with Gasteiger partial charge < -0.3 is 15.1 Å². The fraction of sp³-hybridized carbons (Fsp3) is 0.520. The van der Waals surface area contributed by atoms with Gasteiger partial charge in [0.1, 0.15) is 0 Å². The van der Waals surface area contributed by atoms with E-state index in [1.807, 2.05) is 53.6 Å². The van der Waals surface area contributed by atoms with Gasteiger partial charge in [0.25, 0.3) is 0 Å². The molecule has 2 saturated heterocycles. The second kappa shape index (κ2) is 10.4. The van der Waals surface area contributed by atoms with Gasteiger partial charge in [0.15, 0.2) is 0 Å². The second-order valence-corrected chi connectivity index (χ2v) is 9.73. The van der Waals surface area contributed by atoms with Crippen LogP contribution < -0.4 is 10.2 Å². The van der Waals surface area contributed by atoms with Gasteiger partial charge in [0.05, 0.1) is 12.0 Å². The van der Waals surface area contributed by atoms with Crippen molar-refractivity contribution >= 4 is 28.8 Å². The van der Waals surface area contributed by atoms with Crippen molar-refractivity contribution in [2.45, 2.75) is 51.5 Å². The summed E-state index contributed by atoms with van der Waals surface area (Å²) in [5.41, 5.74) is 2.03. The first-order chi connectivity index (χ1) is 15.1. The number of rotatable bonds is 7. The van der Waals surface area contributed by atoms with E-state index in [4.69, 9.17) is 0 Å². The van der Waals surface area contributed by atoms with Crippen molar-refractivity contribution in [3.63, 3.8) is 0 Å². The summed E-state index contributed by atoms with van der Waals surface area (Å²) in [6, 6.07) is 11.8. The van der Waals surface area contributed by atoms with E-state index in [9.17, 15) is 9.59 Å². The first-order valence-corrected chi connectivity index (χ1v) is 12.4. The number of nitrogens with one attached hydrogen (secondary N) is 1. The summed E-state index contributed by atoms with van der Waals surface area (Å²) in [6.45, 7) is 6.16. The largest absolute Gasteiger partial charge is 0.356 e. The molecule has 0 aliphatic carbocycles. The Kier molecular flexibility index (Phi) is 7.41. The molecule has 2 aromatic rings. The van der Waals surface area contributed by atoms with Crippen LogP contribution in [0, 0.1) is 12.8 Å². The lowest BCUT2D eigenvalue weighted by Crippen LogP contribution is -2.48. The SMILES string of the molecule is Cc1ccc(N2C(=O)CCC(C(=O)NCCCN3CCCCC3)C2c2cccs2)cc1. The molecule has 31 heavy (non-hydrogen) atoms. The van der Waals surface area contributed by atoms with Gasteiger partial charge in [-0.05, 0) is 75.8 Å². The van der Waals surface area contributed by atoms with Crippen LogP contribution in [0.5, 0.6) is 0 Å².